The maximum Gasteiger partial charge on any atom is 0.460 e. The van der Waals surface area contributed by atoms with Gasteiger partial charge in [0.25, 0.3) is 0 Å². The van der Waals surface area contributed by atoms with Gasteiger partial charge in [0.15, 0.2) is 0 Å². The fourth-order valence-corrected chi connectivity index (χ4v) is 2.09. The van der Waals surface area contributed by atoms with Gasteiger partial charge < -0.3 is 0 Å². The van der Waals surface area contributed by atoms with Crippen LogP contribution in [0.1, 0.15) is 0 Å². The smallest absolute Gasteiger partial charge is 0.216 e. The first-order valence-corrected chi connectivity index (χ1v) is 7.66. The highest BCUT2D eigenvalue weighted by Crippen LogP contribution is 2.68. The maximum absolute atomic E-state index is 13.4. The monoisotopic (exact) mass is 638 g/mol. The van der Waals surface area contributed by atoms with Crippen LogP contribution in [0.3, 0.4) is 0 Å². The molecule has 0 amide bonds. The Morgan fingerprint density at radius 3 is 0.474 bits per heavy atom. The largest absolute Gasteiger partial charge is 0.460 e. The second kappa shape index (κ2) is 8.34. The molecule has 0 aromatic rings. The van der Waals surface area contributed by atoms with Crippen LogP contribution in [0.25, 0.3) is 0 Å². The summed E-state index contributed by atoms with van der Waals surface area (Å²) >= 11 is 0. The van der Waals surface area contributed by atoms with Gasteiger partial charge in [-0.15, -0.1) is 0 Å². The van der Waals surface area contributed by atoms with Gasteiger partial charge in [-0.2, -0.15) is 110 Å². The van der Waals surface area contributed by atoms with Crippen molar-refractivity contribution in [2.45, 2.75) is 71.6 Å². The van der Waals surface area contributed by atoms with Gasteiger partial charge in [-0.1, -0.05) is 0 Å². The van der Waals surface area contributed by atoms with Gasteiger partial charge in [0, 0.05) is 0 Å². The third kappa shape index (κ3) is 3.98. The minimum atomic E-state index is -9.71. The number of halogens is 26. The molecule has 0 aliphatic carbocycles. The molecule has 0 unspecified atom stereocenters. The van der Waals surface area contributed by atoms with Crippen LogP contribution in [0.4, 0.5) is 114 Å². The van der Waals surface area contributed by atoms with Gasteiger partial charge in [-0.3, -0.25) is 0 Å². The summed E-state index contributed by atoms with van der Waals surface area (Å²) < 4.78 is 333. The van der Waals surface area contributed by atoms with Crippen molar-refractivity contribution in [1.29, 1.82) is 0 Å². The average Bonchev–Trinajstić information content (AvgIpc) is 2.63. The highest BCUT2D eigenvalue weighted by atomic mass is 19.4. The summed E-state index contributed by atoms with van der Waals surface area (Å²) in [5.74, 6) is -75.4. The average molecular weight is 638 g/mol. The van der Waals surface area contributed by atoms with E-state index in [0.29, 0.717) is 0 Å². The van der Waals surface area contributed by atoms with Crippen molar-refractivity contribution in [3.8, 4) is 0 Å². The van der Waals surface area contributed by atoms with Gasteiger partial charge in [0.2, 0.25) is 0 Å². The molecule has 0 N–H and O–H groups in total. The Hall–Kier alpha value is -1.82. The summed E-state index contributed by atoms with van der Waals surface area (Å²) in [5, 5.41) is 0. The molecule has 230 valence electrons. The lowest BCUT2D eigenvalue weighted by Gasteiger charge is -2.46. The minimum Gasteiger partial charge on any atom is -0.216 e. The van der Waals surface area contributed by atoms with Crippen LogP contribution < -0.4 is 0 Å². The van der Waals surface area contributed by atoms with Crippen LogP contribution in [-0.4, -0.2) is 71.6 Å². The molecule has 0 aliphatic rings. The van der Waals surface area contributed by atoms with E-state index >= 15 is 0 Å². The van der Waals surface area contributed by atoms with Gasteiger partial charge in [-0.25, -0.2) is 4.39 Å². The van der Waals surface area contributed by atoms with Crippen LogP contribution in [0.5, 0.6) is 0 Å². The van der Waals surface area contributed by atoms with Gasteiger partial charge in [0.1, 0.15) is 0 Å². The second-order valence-corrected chi connectivity index (χ2v) is 6.75. The van der Waals surface area contributed by atoms with Crippen molar-refractivity contribution >= 4 is 0 Å². The summed E-state index contributed by atoms with van der Waals surface area (Å²) in [7, 11) is 0. The summed E-state index contributed by atoms with van der Waals surface area (Å²) in [6, 6.07) is 0. The van der Waals surface area contributed by atoms with Crippen molar-refractivity contribution in [3.63, 3.8) is 0 Å². The third-order valence-corrected chi connectivity index (χ3v) is 4.33. The molecule has 0 aromatic carbocycles. The zero-order chi connectivity index (χ0) is 32.0. The fraction of sp³-hybridized carbons (Fsp3) is 1.00. The topological polar surface area (TPSA) is 0 Å². The van der Waals surface area contributed by atoms with E-state index in [1.165, 1.54) is 0 Å². The molecule has 0 atom stereocenters. The van der Waals surface area contributed by atoms with E-state index in [9.17, 15) is 114 Å². The summed E-state index contributed by atoms with van der Waals surface area (Å²) in [6.07, 6.45) is -25.5. The molecule has 38 heavy (non-hydrogen) atoms. The van der Waals surface area contributed by atoms with Gasteiger partial charge >= 0.3 is 71.6 Å². The van der Waals surface area contributed by atoms with Crippen LogP contribution in [0.15, 0.2) is 0 Å². The van der Waals surface area contributed by atoms with Crippen molar-refractivity contribution in [3.05, 3.63) is 0 Å². The first-order valence-electron chi connectivity index (χ1n) is 7.66. The van der Waals surface area contributed by atoms with E-state index in [2.05, 4.69) is 0 Å². The third-order valence-electron chi connectivity index (χ3n) is 4.33. The lowest BCUT2D eigenvalue weighted by molar-refractivity contribution is -0.486. The maximum atomic E-state index is 13.4. The van der Waals surface area contributed by atoms with E-state index in [0.717, 1.165) is 0 Å². The Morgan fingerprint density at radius 1 is 0.158 bits per heavy atom. The first kappa shape index (κ1) is 36.2. The number of hydrogen-bond acceptors (Lipinski definition) is 0. The second-order valence-electron chi connectivity index (χ2n) is 6.75. The lowest BCUT2D eigenvalue weighted by atomic mass is 9.82. The minimum absolute atomic E-state index is 8.20. The highest BCUT2D eigenvalue weighted by Gasteiger charge is 3.00. The molecule has 0 spiro atoms. The van der Waals surface area contributed by atoms with E-state index in [1.807, 2.05) is 0 Å². The van der Waals surface area contributed by atoms with Gasteiger partial charge in [-0.05, 0) is 0 Å². The zero-order valence-corrected chi connectivity index (χ0v) is 15.8. The normalized spacial score (nSPS) is 17.2. The number of hydrogen-bond donors (Lipinski definition) is 0. The van der Waals surface area contributed by atoms with Crippen LogP contribution >= 0.6 is 0 Å². The molecule has 0 saturated heterocycles. The molecule has 0 aromatic heterocycles. The van der Waals surface area contributed by atoms with Crippen molar-refractivity contribution in [2.24, 2.45) is 0 Å². The molecule has 0 radical (unpaired) electrons. The number of rotatable bonds is 8. The van der Waals surface area contributed by atoms with Crippen LogP contribution in [-0.2, 0) is 0 Å². The first-order chi connectivity index (χ1) is 15.8. The Kier molecular flexibility index (Phi) is 7.95. The Bertz CT molecular complexity index is 846. The molecular formula is C12F26. The Morgan fingerprint density at radius 2 is 0.316 bits per heavy atom. The van der Waals surface area contributed by atoms with Gasteiger partial charge in [0.05, 0.1) is 0 Å². The quantitative estimate of drug-likeness (QED) is 0.234. The van der Waals surface area contributed by atoms with Crippen LogP contribution in [0.2, 0.25) is 0 Å². The van der Waals surface area contributed by atoms with Crippen molar-refractivity contribution in [2.75, 3.05) is 0 Å². The van der Waals surface area contributed by atoms with E-state index in [4.69, 9.17) is 0 Å². The summed E-state index contributed by atoms with van der Waals surface area (Å²) in [5.41, 5.74) is -9.15. The molecule has 0 heterocycles. The molecule has 0 bridgehead atoms. The molecule has 0 rings (SSSR count). The molecule has 26 heteroatoms. The highest BCUT2D eigenvalue weighted by molar-refractivity contribution is 5.21. The van der Waals surface area contributed by atoms with Crippen LogP contribution in [0, 0.1) is 0 Å². The van der Waals surface area contributed by atoms with Crippen molar-refractivity contribution < 1.29 is 114 Å². The summed E-state index contributed by atoms with van der Waals surface area (Å²) in [4.78, 5) is 0. The summed E-state index contributed by atoms with van der Waals surface area (Å²) in [6.45, 7) is 0. The van der Waals surface area contributed by atoms with E-state index in [1.54, 1.807) is 0 Å². The van der Waals surface area contributed by atoms with E-state index in [-0.39, 0.29) is 0 Å². The Balaban J connectivity index is 7.44. The zero-order valence-electron chi connectivity index (χ0n) is 15.8. The lowest BCUT2D eigenvalue weighted by Crippen LogP contribution is -2.79. The predicted octanol–water partition coefficient (Wildman–Crippen LogP) is 8.46. The molecule has 0 nitrogen and oxygen atoms in total. The predicted molar refractivity (Wildman–Crippen MR) is 61.6 cm³/mol. The number of alkyl halides is 26. The SMILES string of the molecule is FC(F)(F)C(F)(F)C(F)(F)C(F)(F)C(F)(F)C(F)(F)C(F)(F)C(F)(F)C(F)(F)C(F)(C(F)(F)F)C(F)(F)F. The standard InChI is InChI=1S/C12F26/c13-1(10(30,31)32,11(33,34)35)2(14,15)3(16,17)4(18,19)5(20,21)6(22,23)7(24,25)8(26,27)9(28,29)12(36,37)38. The molecular weight excluding hydrogens is 638 g/mol. The Labute approximate surface area is 187 Å². The molecule has 0 fully saturated rings. The van der Waals surface area contributed by atoms with E-state index < -0.39 is 71.6 Å². The van der Waals surface area contributed by atoms with Crippen molar-refractivity contribution in [1.82, 2.24) is 0 Å². The molecule has 0 aliphatic heterocycles. The fourth-order valence-electron chi connectivity index (χ4n) is 2.09. The molecule has 0 saturated carbocycles.